The number of nitrogens with zero attached hydrogens (tertiary/aromatic N) is 3. The first-order chi connectivity index (χ1) is 12.2. The van der Waals surface area contributed by atoms with Crippen LogP contribution in [0.4, 0.5) is 0 Å². The lowest BCUT2D eigenvalue weighted by Crippen LogP contribution is -2.61. The van der Waals surface area contributed by atoms with Crippen LogP contribution in [-0.2, 0) is 23.2 Å². The molecule has 2 saturated heterocycles. The van der Waals surface area contributed by atoms with Crippen LogP contribution in [0.5, 0.6) is 0 Å². The van der Waals surface area contributed by atoms with Gasteiger partial charge in [-0.1, -0.05) is 6.92 Å². The molecule has 0 spiro atoms. The zero-order valence-corrected chi connectivity index (χ0v) is 16.8. The number of fused-ring (bicyclic) bond motifs is 1. The first-order valence-corrected chi connectivity index (χ1v) is 10.8. The fourth-order valence-corrected chi connectivity index (χ4v) is 5.19. The molecular formula is C18H31N3O4S. The summed E-state index contributed by atoms with van der Waals surface area (Å²) in [5.74, 6) is 1.87. The summed E-state index contributed by atoms with van der Waals surface area (Å²) in [4.78, 5) is 2.26. The Labute approximate surface area is 156 Å². The average Bonchev–Trinajstić information content (AvgIpc) is 3.02. The maximum absolute atomic E-state index is 12.4. The summed E-state index contributed by atoms with van der Waals surface area (Å²) in [5.41, 5.74) is -0.759. The number of furan rings is 1. The van der Waals surface area contributed by atoms with E-state index in [1.54, 1.807) is 14.1 Å². The van der Waals surface area contributed by atoms with Gasteiger partial charge in [0.1, 0.15) is 11.5 Å². The minimum absolute atomic E-state index is 0.0789. The number of hydrogen-bond acceptors (Lipinski definition) is 5. The third-order valence-corrected chi connectivity index (χ3v) is 7.61. The van der Waals surface area contributed by atoms with E-state index in [-0.39, 0.29) is 5.92 Å². The standard InChI is InChI=1S/C18H31N3O4S/c1-4-5-16-6-7-17(25-16)14-20-10-8-18(22)9-11-21(13-15(18)12-20)26(23,24)19(2)3/h6-7,15,22H,4-5,8-14H2,1-3H3/t15-,18-/m0/s1. The van der Waals surface area contributed by atoms with Crippen LogP contribution >= 0.6 is 0 Å². The summed E-state index contributed by atoms with van der Waals surface area (Å²) in [6, 6.07) is 4.06. The van der Waals surface area contributed by atoms with E-state index in [1.165, 1.54) is 8.61 Å². The Hall–Kier alpha value is -0.930. The van der Waals surface area contributed by atoms with Gasteiger partial charge in [0.05, 0.1) is 12.1 Å². The van der Waals surface area contributed by atoms with Crippen molar-refractivity contribution in [3.63, 3.8) is 0 Å². The van der Waals surface area contributed by atoms with Crippen LogP contribution < -0.4 is 0 Å². The summed E-state index contributed by atoms with van der Waals surface area (Å²) < 4.78 is 33.5. The summed E-state index contributed by atoms with van der Waals surface area (Å²) in [5, 5.41) is 11.0. The molecule has 1 N–H and O–H groups in total. The molecule has 1 aromatic rings. The van der Waals surface area contributed by atoms with Crippen molar-refractivity contribution in [3.8, 4) is 0 Å². The lowest BCUT2D eigenvalue weighted by atomic mass is 9.76. The quantitative estimate of drug-likeness (QED) is 0.799. The molecule has 148 valence electrons. The van der Waals surface area contributed by atoms with Crippen molar-refractivity contribution in [3.05, 3.63) is 23.7 Å². The van der Waals surface area contributed by atoms with E-state index in [0.29, 0.717) is 39.0 Å². The molecule has 0 aliphatic carbocycles. The van der Waals surface area contributed by atoms with Crippen molar-refractivity contribution < 1.29 is 17.9 Å². The zero-order chi connectivity index (χ0) is 18.9. The van der Waals surface area contributed by atoms with Gasteiger partial charge in [-0.15, -0.1) is 0 Å². The monoisotopic (exact) mass is 385 g/mol. The SMILES string of the molecule is CCCc1ccc(CN2CC[C@]3(O)CCN(S(=O)(=O)N(C)C)C[C@@H]3C2)o1. The Kier molecular flexibility index (Phi) is 5.79. The van der Waals surface area contributed by atoms with Crippen LogP contribution in [0.1, 0.15) is 37.7 Å². The van der Waals surface area contributed by atoms with Gasteiger partial charge in [-0.25, -0.2) is 0 Å². The van der Waals surface area contributed by atoms with Gasteiger partial charge in [-0.3, -0.25) is 4.90 Å². The summed E-state index contributed by atoms with van der Waals surface area (Å²) >= 11 is 0. The Morgan fingerprint density at radius 1 is 1.23 bits per heavy atom. The molecular weight excluding hydrogens is 354 g/mol. The van der Waals surface area contributed by atoms with Gasteiger partial charge in [-0.2, -0.15) is 17.0 Å². The molecule has 0 amide bonds. The number of hydrogen-bond donors (Lipinski definition) is 1. The molecule has 8 heteroatoms. The molecule has 3 heterocycles. The highest BCUT2D eigenvalue weighted by molar-refractivity contribution is 7.86. The minimum atomic E-state index is -3.44. The van der Waals surface area contributed by atoms with Gasteiger partial charge < -0.3 is 9.52 Å². The molecule has 0 bridgehead atoms. The molecule has 26 heavy (non-hydrogen) atoms. The van der Waals surface area contributed by atoms with Gasteiger partial charge in [0.25, 0.3) is 10.2 Å². The highest BCUT2D eigenvalue weighted by atomic mass is 32.2. The molecule has 2 atom stereocenters. The predicted octanol–water partition coefficient (Wildman–Crippen LogP) is 1.30. The van der Waals surface area contributed by atoms with Crippen molar-refractivity contribution in [1.29, 1.82) is 0 Å². The summed E-state index contributed by atoms with van der Waals surface area (Å²) in [6.07, 6.45) is 3.18. The number of likely N-dealkylation sites (tertiary alicyclic amines) is 1. The summed E-state index contributed by atoms with van der Waals surface area (Å²) in [6.45, 7) is 5.07. The maximum Gasteiger partial charge on any atom is 0.281 e. The van der Waals surface area contributed by atoms with E-state index in [0.717, 1.165) is 30.9 Å². The Balaban J connectivity index is 1.66. The Morgan fingerprint density at radius 3 is 2.62 bits per heavy atom. The molecule has 0 unspecified atom stereocenters. The van der Waals surface area contributed by atoms with E-state index in [2.05, 4.69) is 11.8 Å². The predicted molar refractivity (Wildman–Crippen MR) is 99.8 cm³/mol. The second-order valence-electron chi connectivity index (χ2n) is 7.80. The van der Waals surface area contributed by atoms with Crippen molar-refractivity contribution in [2.75, 3.05) is 40.3 Å². The minimum Gasteiger partial charge on any atom is -0.465 e. The lowest BCUT2D eigenvalue weighted by Gasteiger charge is -2.49. The second-order valence-corrected chi connectivity index (χ2v) is 9.94. The zero-order valence-electron chi connectivity index (χ0n) is 16.0. The van der Waals surface area contributed by atoms with Crippen molar-refractivity contribution in [1.82, 2.24) is 13.5 Å². The number of aliphatic hydroxyl groups is 1. The van der Waals surface area contributed by atoms with Gasteiger partial charge in [0.2, 0.25) is 0 Å². The first-order valence-electron chi connectivity index (χ1n) is 9.44. The van der Waals surface area contributed by atoms with Gasteiger partial charge in [0.15, 0.2) is 0 Å². The molecule has 7 nitrogen and oxygen atoms in total. The molecule has 0 aromatic carbocycles. The second kappa shape index (κ2) is 7.59. The Morgan fingerprint density at radius 2 is 1.92 bits per heavy atom. The number of aryl methyl sites for hydroxylation is 1. The van der Waals surface area contributed by atoms with Crippen LogP contribution in [0.15, 0.2) is 16.5 Å². The average molecular weight is 386 g/mol. The largest absolute Gasteiger partial charge is 0.465 e. The molecule has 2 aliphatic rings. The van der Waals surface area contributed by atoms with Crippen LogP contribution in [0.3, 0.4) is 0 Å². The van der Waals surface area contributed by atoms with Crippen LogP contribution in [0.25, 0.3) is 0 Å². The highest BCUT2D eigenvalue weighted by Gasteiger charge is 2.47. The van der Waals surface area contributed by atoms with E-state index >= 15 is 0 Å². The lowest BCUT2D eigenvalue weighted by molar-refractivity contribution is -0.104. The van der Waals surface area contributed by atoms with Crippen molar-refractivity contribution >= 4 is 10.2 Å². The van der Waals surface area contributed by atoms with Gasteiger partial charge >= 0.3 is 0 Å². The van der Waals surface area contributed by atoms with E-state index in [9.17, 15) is 13.5 Å². The molecule has 2 fully saturated rings. The highest BCUT2D eigenvalue weighted by Crippen LogP contribution is 2.37. The van der Waals surface area contributed by atoms with E-state index < -0.39 is 15.8 Å². The fraction of sp³-hybridized carbons (Fsp3) is 0.778. The van der Waals surface area contributed by atoms with Crippen LogP contribution in [-0.4, -0.2) is 72.9 Å². The normalized spacial score (nSPS) is 28.4. The summed E-state index contributed by atoms with van der Waals surface area (Å²) in [7, 11) is -0.339. The Bertz CT molecular complexity index is 718. The van der Waals surface area contributed by atoms with Crippen molar-refractivity contribution in [2.24, 2.45) is 5.92 Å². The maximum atomic E-state index is 12.4. The molecule has 0 radical (unpaired) electrons. The molecule has 2 aliphatic heterocycles. The third kappa shape index (κ3) is 3.99. The first kappa shape index (κ1) is 19.8. The van der Waals surface area contributed by atoms with Gasteiger partial charge in [0, 0.05) is 52.6 Å². The van der Waals surface area contributed by atoms with E-state index in [4.69, 9.17) is 4.42 Å². The fourth-order valence-electron chi connectivity index (χ4n) is 4.03. The third-order valence-electron chi connectivity index (χ3n) is 5.70. The number of piperidine rings is 2. The van der Waals surface area contributed by atoms with Crippen LogP contribution in [0.2, 0.25) is 0 Å². The van der Waals surface area contributed by atoms with E-state index in [1.807, 2.05) is 12.1 Å². The van der Waals surface area contributed by atoms with Crippen LogP contribution in [0, 0.1) is 5.92 Å². The molecule has 1 aromatic heterocycles. The van der Waals surface area contributed by atoms with Crippen molar-refractivity contribution in [2.45, 2.75) is 44.8 Å². The molecule has 0 saturated carbocycles. The number of rotatable bonds is 6. The topological polar surface area (TPSA) is 77.2 Å². The molecule has 3 rings (SSSR count). The van der Waals surface area contributed by atoms with Gasteiger partial charge in [-0.05, 0) is 31.4 Å². The smallest absolute Gasteiger partial charge is 0.281 e.